The quantitative estimate of drug-likeness (QED) is 0.0473. The van der Waals surface area contributed by atoms with Crippen molar-refractivity contribution >= 4 is 6.09 Å². The molecular weight excluding hydrogens is 839 g/mol. The fourth-order valence-corrected chi connectivity index (χ4v) is 12.5. The molecule has 0 aromatic carbocycles. The van der Waals surface area contributed by atoms with E-state index >= 15 is 0 Å². The van der Waals surface area contributed by atoms with E-state index in [0.717, 1.165) is 100 Å². The lowest BCUT2D eigenvalue weighted by molar-refractivity contribution is -0.0581. The molecule has 2 N–H and O–H groups in total. The van der Waals surface area contributed by atoms with Crippen molar-refractivity contribution < 1.29 is 38.3 Å². The smallest absolute Gasteiger partial charge is 0.407 e. The third kappa shape index (κ3) is 22.2. The Balaban J connectivity index is 0.000000439. The molecule has 3 saturated carbocycles. The van der Waals surface area contributed by atoms with E-state index in [1.54, 1.807) is 12.7 Å². The average Bonchev–Trinajstić information content (AvgIpc) is 3.67. The summed E-state index contributed by atoms with van der Waals surface area (Å²) in [6.45, 7) is 27.8. The zero-order chi connectivity index (χ0) is 48.8. The van der Waals surface area contributed by atoms with Crippen LogP contribution in [0.25, 0.3) is 0 Å². The van der Waals surface area contributed by atoms with Crippen molar-refractivity contribution in [2.24, 2.45) is 52.3 Å². The second-order valence-corrected chi connectivity index (χ2v) is 22.5. The zero-order valence-electron chi connectivity index (χ0n) is 45.0. The van der Waals surface area contributed by atoms with Gasteiger partial charge in [0.1, 0.15) is 6.10 Å². The molecule has 1 amide bonds. The molecular formula is C58H107NO8. The van der Waals surface area contributed by atoms with Crippen molar-refractivity contribution in [1.29, 1.82) is 0 Å². The third-order valence-corrected chi connectivity index (χ3v) is 16.5. The van der Waals surface area contributed by atoms with E-state index in [-0.39, 0.29) is 30.1 Å². The Morgan fingerprint density at radius 3 is 2.07 bits per heavy atom. The summed E-state index contributed by atoms with van der Waals surface area (Å²) in [5.41, 5.74) is 3.79. The van der Waals surface area contributed by atoms with Crippen molar-refractivity contribution in [1.82, 2.24) is 5.32 Å². The summed E-state index contributed by atoms with van der Waals surface area (Å²) < 4.78 is 33.0. The van der Waals surface area contributed by atoms with Crippen LogP contribution in [-0.2, 0) is 28.4 Å². The highest BCUT2D eigenvalue weighted by Gasteiger charge is 2.59. The molecule has 392 valence electrons. The molecule has 5 unspecified atom stereocenters. The Morgan fingerprint density at radius 1 is 0.746 bits per heavy atom. The summed E-state index contributed by atoms with van der Waals surface area (Å²) in [5, 5.41) is 11.8. The molecule has 9 heteroatoms. The van der Waals surface area contributed by atoms with Crippen LogP contribution in [0.1, 0.15) is 203 Å². The van der Waals surface area contributed by atoms with E-state index in [9.17, 15) is 4.79 Å². The van der Waals surface area contributed by atoms with Gasteiger partial charge >= 0.3 is 6.09 Å². The van der Waals surface area contributed by atoms with Gasteiger partial charge in [-0.2, -0.15) is 0 Å². The summed E-state index contributed by atoms with van der Waals surface area (Å²) in [5.74, 6) is 5.36. The number of rotatable bonds is 36. The number of amides is 1. The van der Waals surface area contributed by atoms with Gasteiger partial charge < -0.3 is 38.8 Å². The Bertz CT molecular complexity index is 1320. The molecule has 9 nitrogen and oxygen atoms in total. The van der Waals surface area contributed by atoms with Crippen LogP contribution >= 0.6 is 0 Å². The van der Waals surface area contributed by atoms with E-state index in [2.05, 4.69) is 59.5 Å². The first-order valence-corrected chi connectivity index (χ1v) is 28.1. The van der Waals surface area contributed by atoms with Crippen LogP contribution in [-0.4, -0.2) is 97.0 Å². The van der Waals surface area contributed by atoms with Crippen LogP contribution in [0.4, 0.5) is 4.79 Å². The SMILES string of the molecule is C=C(CCCCCCCCCOC)CCCCOCC(C)CO.CCCOCCOCCOCCCNC(=O)O[C@@H]1CC[C@]2(C)C(=CCC3C4CCC([C@@H](C)CCCC(C)C)[C@]4(C)CCC32)C1. The van der Waals surface area contributed by atoms with Crippen LogP contribution in [0.15, 0.2) is 23.8 Å². The van der Waals surface area contributed by atoms with Gasteiger partial charge in [-0.1, -0.05) is 124 Å². The summed E-state index contributed by atoms with van der Waals surface area (Å²) in [7, 11) is 1.78. The number of alkyl carbamates (subject to hydrolysis) is 1. The lowest BCUT2D eigenvalue weighted by atomic mass is 9.47. The van der Waals surface area contributed by atoms with Crippen molar-refractivity contribution in [3.8, 4) is 0 Å². The number of fused-ring (bicyclic) bond motifs is 5. The minimum atomic E-state index is -0.281. The van der Waals surface area contributed by atoms with Gasteiger partial charge in [0.05, 0.1) is 33.0 Å². The molecule has 0 aromatic heterocycles. The van der Waals surface area contributed by atoms with Crippen molar-refractivity contribution in [2.45, 2.75) is 209 Å². The van der Waals surface area contributed by atoms with Crippen molar-refractivity contribution in [3.05, 3.63) is 23.8 Å². The fourth-order valence-electron chi connectivity index (χ4n) is 12.5. The van der Waals surface area contributed by atoms with Crippen LogP contribution in [0, 0.1) is 52.3 Å². The molecule has 3 fully saturated rings. The van der Waals surface area contributed by atoms with Crippen LogP contribution in [0.5, 0.6) is 0 Å². The van der Waals surface area contributed by atoms with E-state index < -0.39 is 0 Å². The van der Waals surface area contributed by atoms with Crippen LogP contribution < -0.4 is 5.32 Å². The molecule has 0 bridgehead atoms. The minimum Gasteiger partial charge on any atom is -0.446 e. The minimum absolute atomic E-state index is 0.00279. The molecule has 4 aliphatic carbocycles. The van der Waals surface area contributed by atoms with E-state index in [4.69, 9.17) is 33.5 Å². The number of hydrogen-bond acceptors (Lipinski definition) is 8. The van der Waals surface area contributed by atoms with E-state index in [1.165, 1.54) is 115 Å². The molecule has 0 heterocycles. The number of carbonyl (C=O) groups excluding carboxylic acids is 1. The first-order chi connectivity index (χ1) is 32.4. The first kappa shape index (κ1) is 59.8. The van der Waals surface area contributed by atoms with Crippen LogP contribution in [0.2, 0.25) is 0 Å². The average molecular weight is 946 g/mol. The second-order valence-electron chi connectivity index (χ2n) is 22.5. The number of methoxy groups -OCH3 is 1. The molecule has 67 heavy (non-hydrogen) atoms. The van der Waals surface area contributed by atoms with Gasteiger partial charge in [0, 0.05) is 59.0 Å². The molecule has 0 aromatic rings. The van der Waals surface area contributed by atoms with E-state index in [1.807, 2.05) is 6.92 Å². The maximum atomic E-state index is 12.6. The summed E-state index contributed by atoms with van der Waals surface area (Å²) in [6, 6.07) is 0. The normalized spacial score (nSPS) is 26.4. The molecule has 0 radical (unpaired) electrons. The predicted octanol–water partition coefficient (Wildman–Crippen LogP) is 14.1. The molecule has 9 atom stereocenters. The van der Waals surface area contributed by atoms with Gasteiger partial charge in [-0.05, 0) is 143 Å². The van der Waals surface area contributed by atoms with Crippen molar-refractivity contribution in [3.63, 3.8) is 0 Å². The van der Waals surface area contributed by atoms with Gasteiger partial charge in [0.25, 0.3) is 0 Å². The highest BCUT2D eigenvalue weighted by molar-refractivity contribution is 5.67. The lowest BCUT2D eigenvalue weighted by Crippen LogP contribution is -2.51. The highest BCUT2D eigenvalue weighted by atomic mass is 16.6. The Morgan fingerprint density at radius 2 is 1.39 bits per heavy atom. The summed E-state index contributed by atoms with van der Waals surface area (Å²) in [4.78, 5) is 12.6. The molecule has 0 spiro atoms. The molecule has 0 saturated heterocycles. The van der Waals surface area contributed by atoms with Gasteiger partial charge in [0.15, 0.2) is 0 Å². The Labute approximate surface area is 412 Å². The second kappa shape index (κ2) is 34.8. The molecule has 4 aliphatic rings. The molecule has 4 rings (SSSR count). The topological polar surface area (TPSA) is 105 Å². The number of ether oxygens (including phenoxy) is 6. The van der Waals surface area contributed by atoms with Gasteiger partial charge in [-0.3, -0.25) is 0 Å². The maximum absolute atomic E-state index is 12.6. The zero-order valence-corrected chi connectivity index (χ0v) is 45.0. The Hall–Kier alpha value is -1.49. The monoisotopic (exact) mass is 946 g/mol. The standard InChI is InChI=1S/C38H67NO5.C20H40O3/c1-7-21-41-23-25-43-26-24-42-22-9-20-39-36(40)44-31-16-18-37(5)30(27-31)12-13-32-34-15-14-33(29(4)11-8-10-28(2)3)38(34,6)19-17-35(32)37;1-19(14-10-12-16-23-18-20(2)17-21)13-9-7-5-4-6-8-11-15-22-3/h12,28-29,31-35H,7-11,13-27H2,1-6H3,(H,39,40);20-21H,1,4-18H2,2-3H3/t29-,31+,32?,33?,34?,35?,37+,38-;/m0./s1. The highest BCUT2D eigenvalue weighted by Crippen LogP contribution is 2.67. The maximum Gasteiger partial charge on any atom is 0.407 e. The predicted molar refractivity (Wildman–Crippen MR) is 278 cm³/mol. The number of nitrogens with one attached hydrogen (secondary N) is 1. The van der Waals surface area contributed by atoms with Gasteiger partial charge in [0.2, 0.25) is 0 Å². The number of aliphatic hydroxyl groups excluding tert-OH is 1. The number of hydrogen-bond donors (Lipinski definition) is 2. The number of allylic oxidation sites excluding steroid dienone is 2. The van der Waals surface area contributed by atoms with Gasteiger partial charge in [-0.25, -0.2) is 4.79 Å². The fraction of sp³-hybridized carbons (Fsp3) is 0.914. The van der Waals surface area contributed by atoms with Crippen LogP contribution in [0.3, 0.4) is 0 Å². The summed E-state index contributed by atoms with van der Waals surface area (Å²) >= 11 is 0. The van der Waals surface area contributed by atoms with Crippen molar-refractivity contribution in [2.75, 3.05) is 79.7 Å². The largest absolute Gasteiger partial charge is 0.446 e. The third-order valence-electron chi connectivity index (χ3n) is 16.5. The number of unbranched alkanes of at least 4 members (excludes halogenated alkanes) is 7. The number of carbonyl (C=O) groups is 1. The summed E-state index contributed by atoms with van der Waals surface area (Å²) in [6.07, 6.45) is 32.1. The number of aliphatic hydroxyl groups is 1. The van der Waals surface area contributed by atoms with Gasteiger partial charge in [-0.15, -0.1) is 0 Å². The van der Waals surface area contributed by atoms with E-state index in [0.29, 0.717) is 51.6 Å². The Kier molecular flexibility index (Phi) is 31.0. The first-order valence-electron chi connectivity index (χ1n) is 28.1. The lowest BCUT2D eigenvalue weighted by Gasteiger charge is -2.58. The molecule has 0 aliphatic heterocycles.